The Labute approximate surface area is 126 Å². The van der Waals surface area contributed by atoms with E-state index in [-0.39, 0.29) is 11.0 Å². The van der Waals surface area contributed by atoms with Gasteiger partial charge in [0.05, 0.1) is 0 Å². The summed E-state index contributed by atoms with van der Waals surface area (Å²) in [7, 11) is 0. The molecule has 20 heavy (non-hydrogen) atoms. The van der Waals surface area contributed by atoms with E-state index in [0.29, 0.717) is 12.0 Å². The third kappa shape index (κ3) is 4.94. The van der Waals surface area contributed by atoms with E-state index in [1.54, 1.807) is 0 Å². The van der Waals surface area contributed by atoms with Crippen molar-refractivity contribution in [3.63, 3.8) is 0 Å². The van der Waals surface area contributed by atoms with E-state index in [2.05, 4.69) is 85.8 Å². The maximum absolute atomic E-state index is 3.68. The van der Waals surface area contributed by atoms with Crippen LogP contribution in [0.2, 0.25) is 0 Å². The first kappa shape index (κ1) is 17.2. The van der Waals surface area contributed by atoms with Crippen molar-refractivity contribution in [3.05, 3.63) is 34.9 Å². The smallest absolute Gasteiger partial charge is 0.0296 e. The average molecular weight is 275 g/mol. The molecule has 0 saturated heterocycles. The first-order valence-corrected chi connectivity index (χ1v) is 7.83. The van der Waals surface area contributed by atoms with Gasteiger partial charge in [0.25, 0.3) is 0 Å². The van der Waals surface area contributed by atoms with Crippen LogP contribution in [0.3, 0.4) is 0 Å². The van der Waals surface area contributed by atoms with Crippen molar-refractivity contribution in [1.82, 2.24) is 5.32 Å². The van der Waals surface area contributed by atoms with Crippen LogP contribution in [0.1, 0.15) is 91.0 Å². The molecule has 0 aromatic heterocycles. The Bertz CT molecular complexity index is 444. The van der Waals surface area contributed by atoms with Crippen LogP contribution in [-0.4, -0.2) is 5.54 Å². The number of hydrogen-bond acceptors (Lipinski definition) is 1. The van der Waals surface area contributed by atoms with Gasteiger partial charge in [0.15, 0.2) is 0 Å². The molecule has 1 rings (SSSR count). The quantitative estimate of drug-likeness (QED) is 0.762. The fourth-order valence-electron chi connectivity index (χ4n) is 2.43. The summed E-state index contributed by atoms with van der Waals surface area (Å²) >= 11 is 0. The van der Waals surface area contributed by atoms with Gasteiger partial charge >= 0.3 is 0 Å². The summed E-state index contributed by atoms with van der Waals surface area (Å²) in [5.41, 5.74) is 4.60. The van der Waals surface area contributed by atoms with Gasteiger partial charge in [-0.1, -0.05) is 52.8 Å². The minimum absolute atomic E-state index is 0.134. The predicted octanol–water partition coefficient (Wildman–Crippen LogP) is 5.56. The third-order valence-corrected chi connectivity index (χ3v) is 3.66. The monoisotopic (exact) mass is 275 g/mol. The van der Waals surface area contributed by atoms with Crippen molar-refractivity contribution in [2.75, 3.05) is 0 Å². The lowest BCUT2D eigenvalue weighted by molar-refractivity contribution is 0.377. The van der Waals surface area contributed by atoms with E-state index in [9.17, 15) is 0 Å². The molecule has 1 atom stereocenters. The molecule has 0 bridgehead atoms. The second kappa shape index (κ2) is 5.89. The molecule has 1 heteroatoms. The van der Waals surface area contributed by atoms with E-state index in [1.807, 2.05) is 0 Å². The molecule has 0 aliphatic heterocycles. The second-order valence-corrected chi connectivity index (χ2v) is 8.41. The molecule has 0 spiro atoms. The van der Waals surface area contributed by atoms with Gasteiger partial charge in [0, 0.05) is 11.6 Å². The molecule has 1 aromatic rings. The predicted molar refractivity (Wildman–Crippen MR) is 90.5 cm³/mol. The first-order valence-electron chi connectivity index (χ1n) is 7.83. The topological polar surface area (TPSA) is 12.0 Å². The highest BCUT2D eigenvalue weighted by molar-refractivity contribution is 5.37. The zero-order valence-electron chi connectivity index (χ0n) is 14.9. The maximum Gasteiger partial charge on any atom is 0.0296 e. The van der Waals surface area contributed by atoms with Gasteiger partial charge in [-0.2, -0.15) is 0 Å². The zero-order valence-corrected chi connectivity index (χ0v) is 14.9. The van der Waals surface area contributed by atoms with Crippen LogP contribution in [0, 0.1) is 0 Å². The van der Waals surface area contributed by atoms with Crippen molar-refractivity contribution < 1.29 is 0 Å². The number of rotatable bonds is 3. The second-order valence-electron chi connectivity index (χ2n) is 8.41. The summed E-state index contributed by atoms with van der Waals surface area (Å²) in [5.74, 6) is 0.567. The average Bonchev–Trinajstić information content (AvgIpc) is 2.24. The molecule has 1 unspecified atom stereocenters. The molecule has 0 saturated carbocycles. The summed E-state index contributed by atoms with van der Waals surface area (Å²) in [5, 5.41) is 3.68. The Balaban J connectivity index is 3.22. The standard InChI is InChI=1S/C19H33N/c1-13(2)15-10-16(14(3)20-19(7,8)9)12-17(11-15)18(4,5)6/h10-14,20H,1-9H3. The Hall–Kier alpha value is -0.820. The highest BCUT2D eigenvalue weighted by Gasteiger charge is 2.20. The molecule has 0 amide bonds. The molecule has 0 radical (unpaired) electrons. The van der Waals surface area contributed by atoms with E-state index < -0.39 is 0 Å². The van der Waals surface area contributed by atoms with Gasteiger partial charge < -0.3 is 5.32 Å². The third-order valence-electron chi connectivity index (χ3n) is 3.66. The number of hydrogen-bond donors (Lipinski definition) is 1. The van der Waals surface area contributed by atoms with Gasteiger partial charge in [-0.25, -0.2) is 0 Å². The van der Waals surface area contributed by atoms with Crippen LogP contribution in [-0.2, 0) is 5.41 Å². The lowest BCUT2D eigenvalue weighted by Gasteiger charge is -2.29. The normalized spacial score (nSPS) is 14.7. The highest BCUT2D eigenvalue weighted by Crippen LogP contribution is 2.30. The molecule has 0 fully saturated rings. The van der Waals surface area contributed by atoms with E-state index in [0.717, 1.165) is 0 Å². The SMILES string of the molecule is CC(C)c1cc(C(C)NC(C)(C)C)cc(C(C)(C)C)c1. The largest absolute Gasteiger partial charge is 0.306 e. The Morgan fingerprint density at radius 3 is 1.70 bits per heavy atom. The number of nitrogens with one attached hydrogen (secondary N) is 1. The van der Waals surface area contributed by atoms with Gasteiger partial charge in [0.1, 0.15) is 0 Å². The summed E-state index contributed by atoms with van der Waals surface area (Å²) in [6.45, 7) is 20.3. The van der Waals surface area contributed by atoms with E-state index in [4.69, 9.17) is 0 Å². The summed E-state index contributed by atoms with van der Waals surface area (Å²) in [6.07, 6.45) is 0. The van der Waals surface area contributed by atoms with Crippen molar-refractivity contribution in [3.8, 4) is 0 Å². The van der Waals surface area contributed by atoms with Crippen LogP contribution >= 0.6 is 0 Å². The lowest BCUT2D eigenvalue weighted by Crippen LogP contribution is -2.37. The molecule has 1 nitrogen and oxygen atoms in total. The first-order chi connectivity index (χ1) is 8.90. The maximum atomic E-state index is 3.68. The summed E-state index contributed by atoms with van der Waals surface area (Å²) in [4.78, 5) is 0. The molecule has 1 N–H and O–H groups in total. The van der Waals surface area contributed by atoms with Crippen molar-refractivity contribution in [2.45, 2.75) is 85.2 Å². The van der Waals surface area contributed by atoms with Crippen molar-refractivity contribution in [1.29, 1.82) is 0 Å². The van der Waals surface area contributed by atoms with Crippen LogP contribution in [0.5, 0.6) is 0 Å². The molecule has 1 aromatic carbocycles. The minimum Gasteiger partial charge on any atom is -0.306 e. The van der Waals surface area contributed by atoms with Crippen molar-refractivity contribution in [2.24, 2.45) is 0 Å². The molecule has 0 aliphatic carbocycles. The van der Waals surface area contributed by atoms with Crippen LogP contribution in [0.15, 0.2) is 18.2 Å². The fourth-order valence-corrected chi connectivity index (χ4v) is 2.43. The van der Waals surface area contributed by atoms with E-state index in [1.165, 1.54) is 16.7 Å². The van der Waals surface area contributed by atoms with Gasteiger partial charge in [0.2, 0.25) is 0 Å². The fraction of sp³-hybridized carbons (Fsp3) is 0.684. The number of benzene rings is 1. The summed E-state index contributed by atoms with van der Waals surface area (Å²) < 4.78 is 0. The van der Waals surface area contributed by atoms with Crippen LogP contribution in [0.4, 0.5) is 0 Å². The summed E-state index contributed by atoms with van der Waals surface area (Å²) in [6, 6.07) is 7.48. The minimum atomic E-state index is 0.134. The molecule has 0 aliphatic rings. The Morgan fingerprint density at radius 2 is 1.30 bits per heavy atom. The molecule has 114 valence electrons. The van der Waals surface area contributed by atoms with Gasteiger partial charge in [-0.3, -0.25) is 0 Å². The van der Waals surface area contributed by atoms with Crippen molar-refractivity contribution >= 4 is 0 Å². The van der Waals surface area contributed by atoms with Crippen LogP contribution < -0.4 is 5.32 Å². The van der Waals surface area contributed by atoms with E-state index >= 15 is 0 Å². The van der Waals surface area contributed by atoms with Crippen LogP contribution in [0.25, 0.3) is 0 Å². The molecule has 0 heterocycles. The Kier molecular flexibility index (Phi) is 5.08. The Morgan fingerprint density at radius 1 is 0.800 bits per heavy atom. The highest BCUT2D eigenvalue weighted by atomic mass is 15.0. The lowest BCUT2D eigenvalue weighted by atomic mass is 9.82. The molecular weight excluding hydrogens is 242 g/mol. The zero-order chi connectivity index (χ0) is 15.7. The molecular formula is C19H33N. The van der Waals surface area contributed by atoms with Gasteiger partial charge in [-0.15, -0.1) is 0 Å². The van der Waals surface area contributed by atoms with Gasteiger partial charge in [-0.05, 0) is 55.7 Å².